The van der Waals surface area contributed by atoms with Crippen molar-refractivity contribution in [3.05, 3.63) is 48.6 Å². The summed E-state index contributed by atoms with van der Waals surface area (Å²) in [6.07, 6.45) is 2.78. The zero-order chi connectivity index (χ0) is 5.82. The number of hydrogen-bond acceptors (Lipinski definition) is 0. The highest BCUT2D eigenvalue weighted by Crippen LogP contribution is 1.94. The van der Waals surface area contributed by atoms with E-state index in [9.17, 15) is 0 Å². The second-order valence-electron chi connectivity index (χ2n) is 1.54. The van der Waals surface area contributed by atoms with Crippen LogP contribution in [-0.2, 0) is 0 Å². The monoisotopic (exact) mass is 103 g/mol. The Morgan fingerprint density at radius 2 is 1.75 bits per heavy atom. The van der Waals surface area contributed by atoms with E-state index >= 15 is 0 Å². The predicted molar refractivity (Wildman–Crippen MR) is 34.4 cm³/mol. The van der Waals surface area contributed by atoms with E-state index in [0.717, 1.165) is 5.56 Å². The minimum Gasteiger partial charge on any atom is -0.193 e. The van der Waals surface area contributed by atoms with Crippen LogP contribution in [0.25, 0.3) is 0 Å². The lowest BCUT2D eigenvalue weighted by Crippen LogP contribution is -1.66. The summed E-state index contributed by atoms with van der Waals surface area (Å²) in [5.41, 5.74) is 1.05. The van der Waals surface area contributed by atoms with Gasteiger partial charge in [0.25, 0.3) is 0 Å². The Morgan fingerprint density at radius 1 is 1.12 bits per heavy atom. The van der Waals surface area contributed by atoms with Gasteiger partial charge in [-0.2, -0.15) is 30.4 Å². The Morgan fingerprint density at radius 3 is 2.12 bits per heavy atom. The molecule has 0 saturated carbocycles. The van der Waals surface area contributed by atoms with Gasteiger partial charge in [-0.3, -0.25) is 0 Å². The molecule has 8 heavy (non-hydrogen) atoms. The van der Waals surface area contributed by atoms with E-state index in [4.69, 9.17) is 0 Å². The number of hydrogen-bond donors (Lipinski definition) is 0. The molecule has 0 atom stereocenters. The second-order valence-corrected chi connectivity index (χ2v) is 1.54. The van der Waals surface area contributed by atoms with Crippen LogP contribution in [0.1, 0.15) is 5.56 Å². The van der Waals surface area contributed by atoms with Crippen LogP contribution in [-0.4, -0.2) is 0 Å². The molecule has 1 rings (SSSR count). The normalized spacial score (nSPS) is 8.50. The maximum Gasteiger partial charge on any atom is -0.0866 e. The third-order valence-electron chi connectivity index (χ3n) is 0.978. The van der Waals surface area contributed by atoms with E-state index in [1.807, 2.05) is 30.3 Å². The van der Waals surface area contributed by atoms with Crippen LogP contribution >= 0.6 is 0 Å². The predicted octanol–water partition coefficient (Wildman–Crippen LogP) is 2.02. The summed E-state index contributed by atoms with van der Waals surface area (Å²) in [4.78, 5) is 0. The first-order valence-electron chi connectivity index (χ1n) is 2.51. The summed E-state index contributed by atoms with van der Waals surface area (Å²) < 4.78 is 0. The molecule has 0 spiro atoms. The van der Waals surface area contributed by atoms with Gasteiger partial charge in [-0.05, 0) is 0 Å². The zero-order valence-electron chi connectivity index (χ0n) is 4.59. The van der Waals surface area contributed by atoms with Crippen molar-refractivity contribution >= 4 is 0 Å². The van der Waals surface area contributed by atoms with Crippen LogP contribution in [0.4, 0.5) is 0 Å². The molecule has 40 valence electrons. The molecule has 0 amide bonds. The van der Waals surface area contributed by atoms with Gasteiger partial charge in [0.1, 0.15) is 0 Å². The first kappa shape index (κ1) is 5.10. The van der Waals surface area contributed by atoms with Gasteiger partial charge in [0.2, 0.25) is 0 Å². The summed E-state index contributed by atoms with van der Waals surface area (Å²) >= 11 is 0. The first-order valence-corrected chi connectivity index (χ1v) is 2.51. The second kappa shape index (κ2) is 2.31. The zero-order valence-corrected chi connectivity index (χ0v) is 4.59. The summed E-state index contributed by atoms with van der Waals surface area (Å²) in [6.45, 7) is 3.51. The highest BCUT2D eigenvalue weighted by molar-refractivity contribution is 5.19. The molecule has 0 aliphatic carbocycles. The molecule has 0 fully saturated rings. The number of rotatable bonds is 1. The molecule has 0 radical (unpaired) electrons. The topological polar surface area (TPSA) is 0 Å². The van der Waals surface area contributed by atoms with Crippen molar-refractivity contribution in [2.45, 2.75) is 0 Å². The van der Waals surface area contributed by atoms with Crippen molar-refractivity contribution < 1.29 is 0 Å². The fraction of sp³-hybridized carbons (Fsp3) is 0. The Labute approximate surface area is 49.5 Å². The van der Waals surface area contributed by atoms with Crippen molar-refractivity contribution in [2.75, 3.05) is 0 Å². The summed E-state index contributed by atoms with van der Waals surface area (Å²) in [5.74, 6) is 0. The molecule has 0 saturated heterocycles. The third kappa shape index (κ3) is 0.969. The van der Waals surface area contributed by atoms with Crippen molar-refractivity contribution in [2.24, 2.45) is 0 Å². The third-order valence-corrected chi connectivity index (χ3v) is 0.978. The van der Waals surface area contributed by atoms with Gasteiger partial charge in [-0.25, -0.2) is 0 Å². The first-order chi connectivity index (χ1) is 3.93. The Balaban J connectivity index is 2.99. The molecule has 1 aromatic rings. The maximum absolute atomic E-state index is 3.51. The van der Waals surface area contributed by atoms with E-state index in [1.165, 1.54) is 0 Å². The van der Waals surface area contributed by atoms with Gasteiger partial charge < -0.3 is 0 Å². The lowest BCUT2D eigenvalue weighted by Gasteiger charge is -1.96. The fourth-order valence-corrected chi connectivity index (χ4v) is 0.556. The van der Waals surface area contributed by atoms with Crippen LogP contribution in [0.2, 0.25) is 0 Å². The van der Waals surface area contributed by atoms with Crippen molar-refractivity contribution in [1.82, 2.24) is 0 Å². The Bertz CT molecular complexity index is 163. The van der Waals surface area contributed by atoms with Gasteiger partial charge in [0.05, 0.1) is 0 Å². The standard InChI is InChI=1S/C8H7/c1-2-8-6-4-3-5-7-8/h3-7H,1H2/q-1. The lowest BCUT2D eigenvalue weighted by atomic mass is 10.2. The van der Waals surface area contributed by atoms with Crippen molar-refractivity contribution in [3.8, 4) is 0 Å². The van der Waals surface area contributed by atoms with E-state index in [-0.39, 0.29) is 0 Å². The van der Waals surface area contributed by atoms with Gasteiger partial charge in [-0.1, -0.05) is 6.07 Å². The molecule has 0 aliphatic rings. The van der Waals surface area contributed by atoms with Crippen LogP contribution in [0.5, 0.6) is 0 Å². The quantitative estimate of drug-likeness (QED) is 0.477. The fourth-order valence-electron chi connectivity index (χ4n) is 0.556. The lowest BCUT2D eigenvalue weighted by molar-refractivity contribution is 1.59. The minimum absolute atomic E-state index is 1.05. The highest BCUT2D eigenvalue weighted by Gasteiger charge is 1.64. The van der Waals surface area contributed by atoms with E-state index in [2.05, 4.69) is 12.7 Å². The molecule has 0 aliphatic heterocycles. The van der Waals surface area contributed by atoms with Gasteiger partial charge >= 0.3 is 0 Å². The SMILES string of the molecule is C=[C-]c1ccccc1. The molecule has 0 nitrogen and oxygen atoms in total. The van der Waals surface area contributed by atoms with E-state index in [1.54, 1.807) is 0 Å². The van der Waals surface area contributed by atoms with Gasteiger partial charge in [0.15, 0.2) is 0 Å². The van der Waals surface area contributed by atoms with Crippen molar-refractivity contribution in [3.63, 3.8) is 0 Å². The molecule has 0 bridgehead atoms. The molecule has 0 heterocycles. The van der Waals surface area contributed by atoms with Gasteiger partial charge in [0, 0.05) is 0 Å². The van der Waals surface area contributed by atoms with Crippen LogP contribution in [0, 0.1) is 6.08 Å². The molecule has 0 unspecified atom stereocenters. The molecule has 0 aromatic heterocycles. The van der Waals surface area contributed by atoms with Crippen LogP contribution < -0.4 is 0 Å². The average molecular weight is 103 g/mol. The average Bonchev–Trinajstić information content (AvgIpc) is 1.90. The molecule has 0 heteroatoms. The minimum atomic E-state index is 1.05. The molecular weight excluding hydrogens is 96.1 g/mol. The molecule has 0 N–H and O–H groups in total. The summed E-state index contributed by atoms with van der Waals surface area (Å²) in [5, 5.41) is 0. The molecular formula is C8H7-. The summed E-state index contributed by atoms with van der Waals surface area (Å²) in [6, 6.07) is 9.84. The van der Waals surface area contributed by atoms with Crippen LogP contribution in [0.3, 0.4) is 0 Å². The Hall–Kier alpha value is -1.04. The van der Waals surface area contributed by atoms with Crippen molar-refractivity contribution in [1.29, 1.82) is 0 Å². The number of benzene rings is 1. The van der Waals surface area contributed by atoms with E-state index in [0.29, 0.717) is 0 Å². The van der Waals surface area contributed by atoms with Crippen LogP contribution in [0.15, 0.2) is 36.9 Å². The molecule has 1 aromatic carbocycles. The maximum atomic E-state index is 3.51. The summed E-state index contributed by atoms with van der Waals surface area (Å²) in [7, 11) is 0. The smallest absolute Gasteiger partial charge is 0.0866 e. The van der Waals surface area contributed by atoms with E-state index < -0.39 is 0 Å². The highest BCUT2D eigenvalue weighted by atomic mass is 13.8. The largest absolute Gasteiger partial charge is 0.193 e. The van der Waals surface area contributed by atoms with Gasteiger partial charge in [-0.15, -0.1) is 12.1 Å². The Kier molecular flexibility index (Phi) is 1.48.